The Bertz CT molecular complexity index is 474. The van der Waals surface area contributed by atoms with Crippen LogP contribution in [0.1, 0.15) is 30.1 Å². The molecule has 7 heteroatoms. The lowest BCUT2D eigenvalue weighted by Crippen LogP contribution is -2.49. The number of methoxy groups -OCH3 is 1. The normalized spacial score (nSPS) is 26.4. The molecule has 1 aromatic heterocycles. The van der Waals surface area contributed by atoms with Crippen LogP contribution in [0.25, 0.3) is 0 Å². The van der Waals surface area contributed by atoms with E-state index in [0.29, 0.717) is 26.3 Å². The van der Waals surface area contributed by atoms with Crippen LogP contribution in [0.5, 0.6) is 0 Å². The third kappa shape index (κ3) is 2.55. The van der Waals surface area contributed by atoms with Gasteiger partial charge in [-0.2, -0.15) is 15.4 Å². The number of fused-ring (bicyclic) bond motifs is 1. The lowest BCUT2D eigenvalue weighted by Gasteiger charge is -2.35. The van der Waals surface area contributed by atoms with Crippen molar-refractivity contribution in [2.45, 2.75) is 31.3 Å². The zero-order valence-electron chi connectivity index (χ0n) is 11.7. The van der Waals surface area contributed by atoms with Crippen LogP contribution in [0.2, 0.25) is 0 Å². The van der Waals surface area contributed by atoms with Gasteiger partial charge in [0, 0.05) is 20.2 Å². The summed E-state index contributed by atoms with van der Waals surface area (Å²) < 4.78 is 10.7. The van der Waals surface area contributed by atoms with Gasteiger partial charge in [-0.3, -0.25) is 4.79 Å². The molecule has 0 radical (unpaired) electrons. The third-order valence-electron chi connectivity index (χ3n) is 3.99. The Morgan fingerprint density at radius 2 is 2.45 bits per heavy atom. The predicted octanol–water partition coefficient (Wildman–Crippen LogP) is 0.0984. The number of hydrogen-bond acceptors (Lipinski definition) is 5. The zero-order valence-corrected chi connectivity index (χ0v) is 11.7. The summed E-state index contributed by atoms with van der Waals surface area (Å²) in [4.78, 5) is 14.6. The molecule has 2 heterocycles. The van der Waals surface area contributed by atoms with Crippen LogP contribution in [0, 0.1) is 0 Å². The van der Waals surface area contributed by atoms with Gasteiger partial charge in [-0.1, -0.05) is 0 Å². The van der Waals surface area contributed by atoms with E-state index in [-0.39, 0.29) is 17.9 Å². The number of carbonyl (C=O) groups excluding carboxylic acids is 1. The molecule has 1 aliphatic carbocycles. The van der Waals surface area contributed by atoms with Crippen molar-refractivity contribution in [2.24, 2.45) is 0 Å². The lowest BCUT2D eigenvalue weighted by molar-refractivity contribution is -0.142. The van der Waals surface area contributed by atoms with E-state index < -0.39 is 0 Å². The summed E-state index contributed by atoms with van der Waals surface area (Å²) in [6, 6.07) is 0. The molecule has 2 unspecified atom stereocenters. The average Bonchev–Trinajstić information content (AvgIpc) is 2.95. The van der Waals surface area contributed by atoms with Gasteiger partial charge in [-0.15, -0.1) is 0 Å². The Hall–Kier alpha value is -1.47. The molecule has 7 nitrogen and oxygen atoms in total. The highest BCUT2D eigenvalue weighted by Gasteiger charge is 2.34. The first kappa shape index (κ1) is 13.5. The fourth-order valence-corrected chi connectivity index (χ4v) is 3.00. The first-order valence-electron chi connectivity index (χ1n) is 7.08. The van der Waals surface area contributed by atoms with Crippen LogP contribution < -0.4 is 0 Å². The van der Waals surface area contributed by atoms with Gasteiger partial charge in [0.2, 0.25) is 5.91 Å². The molecular formula is C13H20N4O3. The molecule has 1 amide bonds. The van der Waals surface area contributed by atoms with Crippen molar-refractivity contribution in [3.05, 3.63) is 11.4 Å². The molecule has 2 atom stereocenters. The first-order valence-corrected chi connectivity index (χ1v) is 7.08. The van der Waals surface area contributed by atoms with Gasteiger partial charge in [-0.25, -0.2) is 0 Å². The van der Waals surface area contributed by atoms with E-state index in [9.17, 15) is 4.79 Å². The Kier molecular flexibility index (Phi) is 3.98. The number of morpholine rings is 1. The fraction of sp³-hybridized carbons (Fsp3) is 0.769. The largest absolute Gasteiger partial charge is 0.382 e. The molecule has 1 aliphatic heterocycles. The monoisotopic (exact) mass is 280 g/mol. The number of H-pyrrole nitrogens is 1. The molecule has 1 saturated heterocycles. The quantitative estimate of drug-likeness (QED) is 0.849. The molecule has 110 valence electrons. The second-order valence-electron chi connectivity index (χ2n) is 5.33. The summed E-state index contributed by atoms with van der Waals surface area (Å²) >= 11 is 0. The van der Waals surface area contributed by atoms with E-state index in [4.69, 9.17) is 9.47 Å². The summed E-state index contributed by atoms with van der Waals surface area (Å²) in [6.45, 7) is 2.32. The smallest absolute Gasteiger partial charge is 0.232 e. The molecule has 2 aliphatic rings. The van der Waals surface area contributed by atoms with E-state index in [2.05, 4.69) is 15.4 Å². The van der Waals surface area contributed by atoms with Crippen molar-refractivity contribution < 1.29 is 14.3 Å². The Morgan fingerprint density at radius 3 is 3.30 bits per heavy atom. The summed E-state index contributed by atoms with van der Waals surface area (Å²) in [5.74, 6) is -0.0111. The van der Waals surface area contributed by atoms with Crippen molar-refractivity contribution >= 4 is 5.91 Å². The van der Waals surface area contributed by atoms with Crippen LogP contribution in [0.3, 0.4) is 0 Å². The summed E-state index contributed by atoms with van der Waals surface area (Å²) in [7, 11) is 1.65. The molecule has 20 heavy (non-hydrogen) atoms. The number of aryl methyl sites for hydroxylation is 1. The van der Waals surface area contributed by atoms with Crippen molar-refractivity contribution in [2.75, 3.05) is 33.4 Å². The molecule has 0 bridgehead atoms. The van der Waals surface area contributed by atoms with Gasteiger partial charge in [0.05, 0.1) is 36.6 Å². The minimum Gasteiger partial charge on any atom is -0.382 e. The molecule has 3 rings (SSSR count). The van der Waals surface area contributed by atoms with E-state index in [0.717, 1.165) is 30.7 Å². The van der Waals surface area contributed by atoms with E-state index in [1.54, 1.807) is 7.11 Å². The van der Waals surface area contributed by atoms with Gasteiger partial charge in [-0.05, 0) is 19.3 Å². The number of ether oxygens (including phenoxy) is 2. The average molecular weight is 280 g/mol. The first-order chi connectivity index (χ1) is 9.79. The van der Waals surface area contributed by atoms with E-state index >= 15 is 0 Å². The molecule has 0 spiro atoms. The van der Waals surface area contributed by atoms with Gasteiger partial charge < -0.3 is 14.4 Å². The van der Waals surface area contributed by atoms with Crippen LogP contribution >= 0.6 is 0 Å². The van der Waals surface area contributed by atoms with Crippen molar-refractivity contribution in [3.8, 4) is 0 Å². The summed E-state index contributed by atoms with van der Waals surface area (Å²) in [5, 5.41) is 10.9. The standard InChI is InChI=1S/C13H20N4O3/c1-19-8-9-7-17(5-6-20-9)13(18)10-3-2-4-11-12(10)15-16-14-11/h9-10H,2-8H2,1H3,(H,14,15,16). The zero-order chi connectivity index (χ0) is 13.9. The number of nitrogens with one attached hydrogen (secondary N) is 1. The van der Waals surface area contributed by atoms with Gasteiger partial charge in [0.1, 0.15) is 0 Å². The van der Waals surface area contributed by atoms with Gasteiger partial charge >= 0.3 is 0 Å². The Labute approximate surface area is 117 Å². The van der Waals surface area contributed by atoms with Crippen molar-refractivity contribution in [3.63, 3.8) is 0 Å². The van der Waals surface area contributed by atoms with Crippen LogP contribution in [0.4, 0.5) is 0 Å². The Morgan fingerprint density at radius 1 is 1.55 bits per heavy atom. The highest BCUT2D eigenvalue weighted by molar-refractivity contribution is 5.83. The van der Waals surface area contributed by atoms with Gasteiger partial charge in [0.15, 0.2) is 0 Å². The number of nitrogens with zero attached hydrogens (tertiary/aromatic N) is 3. The molecule has 0 saturated carbocycles. The minimum atomic E-state index is -0.154. The van der Waals surface area contributed by atoms with Crippen molar-refractivity contribution in [1.82, 2.24) is 20.3 Å². The second kappa shape index (κ2) is 5.88. The molecular weight excluding hydrogens is 260 g/mol. The second-order valence-corrected chi connectivity index (χ2v) is 5.33. The third-order valence-corrected chi connectivity index (χ3v) is 3.99. The number of aromatic nitrogens is 3. The fourth-order valence-electron chi connectivity index (χ4n) is 3.00. The molecule has 0 aromatic carbocycles. The maximum absolute atomic E-state index is 12.7. The maximum Gasteiger partial charge on any atom is 0.232 e. The number of hydrogen-bond donors (Lipinski definition) is 1. The highest BCUT2D eigenvalue weighted by Crippen LogP contribution is 2.30. The number of carbonyl (C=O) groups is 1. The van der Waals surface area contributed by atoms with E-state index in [1.807, 2.05) is 4.90 Å². The molecule has 1 fully saturated rings. The van der Waals surface area contributed by atoms with Gasteiger partial charge in [0.25, 0.3) is 0 Å². The number of aromatic amines is 1. The van der Waals surface area contributed by atoms with E-state index in [1.165, 1.54) is 0 Å². The maximum atomic E-state index is 12.7. The summed E-state index contributed by atoms with van der Waals surface area (Å²) in [6.07, 6.45) is 2.72. The molecule has 1 aromatic rings. The molecule has 1 N–H and O–H groups in total. The van der Waals surface area contributed by atoms with Crippen LogP contribution in [-0.4, -0.2) is 65.7 Å². The predicted molar refractivity (Wildman–Crippen MR) is 70.3 cm³/mol. The minimum absolute atomic E-state index is 0.0296. The Balaban J connectivity index is 1.70. The highest BCUT2D eigenvalue weighted by atomic mass is 16.5. The van der Waals surface area contributed by atoms with Crippen LogP contribution in [0.15, 0.2) is 0 Å². The van der Waals surface area contributed by atoms with Crippen molar-refractivity contribution in [1.29, 1.82) is 0 Å². The SMILES string of the molecule is COCC1CN(C(=O)C2CCCc3n[nH]nc32)CCO1. The lowest BCUT2D eigenvalue weighted by atomic mass is 9.88. The number of rotatable bonds is 3. The van der Waals surface area contributed by atoms with Crippen LogP contribution in [-0.2, 0) is 20.7 Å². The summed E-state index contributed by atoms with van der Waals surface area (Å²) in [5.41, 5.74) is 1.77. The number of amides is 1. The topological polar surface area (TPSA) is 80.3 Å².